The molecular weight excluding hydrogens is 366 g/mol. The van der Waals surface area contributed by atoms with Crippen molar-refractivity contribution in [3.05, 3.63) is 53.1 Å². The molecule has 1 atom stereocenters. The van der Waals surface area contributed by atoms with Gasteiger partial charge in [-0.15, -0.1) is 0 Å². The van der Waals surface area contributed by atoms with Crippen molar-refractivity contribution in [2.75, 3.05) is 19.9 Å². The first-order valence-corrected chi connectivity index (χ1v) is 9.59. The monoisotopic (exact) mass is 381 g/mol. The molecule has 0 saturated carbocycles. The molecule has 8 heteroatoms. The third-order valence-electron chi connectivity index (χ3n) is 4.56. The van der Waals surface area contributed by atoms with Crippen LogP contribution in [0.3, 0.4) is 0 Å². The Balaban J connectivity index is 1.62. The second-order valence-electron chi connectivity index (χ2n) is 6.15. The van der Waals surface area contributed by atoms with E-state index in [-0.39, 0.29) is 24.8 Å². The molecule has 132 valence electrons. The summed E-state index contributed by atoms with van der Waals surface area (Å²) >= 11 is 5.99. The Morgan fingerprint density at radius 3 is 2.72 bits per heavy atom. The molecule has 0 aliphatic carbocycles. The van der Waals surface area contributed by atoms with Gasteiger partial charge in [-0.1, -0.05) is 23.7 Å². The average molecular weight is 382 g/mol. The first-order chi connectivity index (χ1) is 11.9. The van der Waals surface area contributed by atoms with E-state index in [1.165, 1.54) is 16.4 Å². The van der Waals surface area contributed by atoms with Crippen molar-refractivity contribution in [3.63, 3.8) is 0 Å². The van der Waals surface area contributed by atoms with Crippen LogP contribution in [0, 0.1) is 0 Å². The third-order valence-corrected chi connectivity index (χ3v) is 6.63. The zero-order valence-corrected chi connectivity index (χ0v) is 14.8. The number of nitrogens with zero attached hydrogens (tertiary/aromatic N) is 1. The standard InChI is InChI=1S/C17H16ClNO5S/c18-13-3-1-2-12(8-13)17(20)6-7-19(10-17)25(21,22)14-4-5-15-16(9-14)24-11-23-15/h1-5,8-9,20H,6-7,10-11H2/t17-/m0/s1. The average Bonchev–Trinajstić information content (AvgIpc) is 3.21. The summed E-state index contributed by atoms with van der Waals surface area (Å²) in [5.41, 5.74) is -0.641. The fourth-order valence-electron chi connectivity index (χ4n) is 3.16. The fraction of sp³-hybridized carbons (Fsp3) is 0.294. The third kappa shape index (κ3) is 2.87. The lowest BCUT2D eigenvalue weighted by Gasteiger charge is -2.24. The van der Waals surface area contributed by atoms with E-state index in [2.05, 4.69) is 0 Å². The second kappa shape index (κ2) is 5.88. The maximum absolute atomic E-state index is 12.9. The molecule has 0 aromatic heterocycles. The van der Waals surface area contributed by atoms with Crippen LogP contribution in [0.4, 0.5) is 0 Å². The summed E-state index contributed by atoms with van der Waals surface area (Å²) in [6.07, 6.45) is 0.303. The van der Waals surface area contributed by atoms with E-state index in [1.54, 1.807) is 30.3 Å². The van der Waals surface area contributed by atoms with E-state index in [4.69, 9.17) is 21.1 Å². The van der Waals surface area contributed by atoms with Crippen molar-refractivity contribution < 1.29 is 23.0 Å². The van der Waals surface area contributed by atoms with Crippen LogP contribution in [0.15, 0.2) is 47.4 Å². The minimum atomic E-state index is -3.74. The van der Waals surface area contributed by atoms with Gasteiger partial charge < -0.3 is 14.6 Å². The molecule has 0 radical (unpaired) electrons. The summed E-state index contributed by atoms with van der Waals surface area (Å²) in [7, 11) is -3.74. The first-order valence-electron chi connectivity index (χ1n) is 7.77. The van der Waals surface area contributed by atoms with Gasteiger partial charge in [-0.05, 0) is 36.2 Å². The highest BCUT2D eigenvalue weighted by Gasteiger charge is 2.43. The van der Waals surface area contributed by atoms with Crippen LogP contribution in [-0.2, 0) is 15.6 Å². The van der Waals surface area contributed by atoms with Crippen LogP contribution in [0.5, 0.6) is 11.5 Å². The minimum Gasteiger partial charge on any atom is -0.454 e. The van der Waals surface area contributed by atoms with Gasteiger partial charge in [0.15, 0.2) is 11.5 Å². The lowest BCUT2D eigenvalue weighted by molar-refractivity contribution is 0.0531. The highest BCUT2D eigenvalue weighted by molar-refractivity contribution is 7.89. The fourth-order valence-corrected chi connectivity index (χ4v) is 4.86. The molecule has 0 spiro atoms. The lowest BCUT2D eigenvalue weighted by atomic mass is 9.93. The van der Waals surface area contributed by atoms with Crippen LogP contribution in [0.1, 0.15) is 12.0 Å². The van der Waals surface area contributed by atoms with Gasteiger partial charge in [0.2, 0.25) is 16.8 Å². The van der Waals surface area contributed by atoms with Crippen molar-refractivity contribution in [2.45, 2.75) is 16.9 Å². The normalized spacial score (nSPS) is 23.1. The number of hydrogen-bond acceptors (Lipinski definition) is 5. The SMILES string of the molecule is O=S(=O)(c1ccc2c(c1)OCO2)N1CC[C@@](O)(c2cccc(Cl)c2)C1. The number of hydrogen-bond donors (Lipinski definition) is 1. The topological polar surface area (TPSA) is 76.1 Å². The zero-order valence-electron chi connectivity index (χ0n) is 13.2. The molecule has 0 amide bonds. The predicted octanol–water partition coefficient (Wildman–Crippen LogP) is 2.35. The van der Waals surface area contributed by atoms with Crippen molar-refractivity contribution in [3.8, 4) is 11.5 Å². The number of aliphatic hydroxyl groups is 1. The summed E-state index contributed by atoms with van der Waals surface area (Å²) in [5.74, 6) is 0.932. The Morgan fingerprint density at radius 1 is 1.12 bits per heavy atom. The van der Waals surface area contributed by atoms with Crippen LogP contribution in [-0.4, -0.2) is 37.7 Å². The Labute approximate surface area is 150 Å². The molecule has 1 fully saturated rings. The molecule has 0 bridgehead atoms. The number of fused-ring (bicyclic) bond motifs is 1. The summed E-state index contributed by atoms with van der Waals surface area (Å²) < 4.78 is 37.6. The number of benzene rings is 2. The quantitative estimate of drug-likeness (QED) is 0.883. The molecule has 0 unspecified atom stereocenters. The lowest BCUT2D eigenvalue weighted by Crippen LogP contribution is -2.34. The molecule has 2 aliphatic rings. The van der Waals surface area contributed by atoms with E-state index in [9.17, 15) is 13.5 Å². The Kier molecular flexibility index (Phi) is 3.92. The molecule has 2 aromatic rings. The maximum atomic E-state index is 12.9. The van der Waals surface area contributed by atoms with Gasteiger partial charge in [-0.2, -0.15) is 4.31 Å². The van der Waals surface area contributed by atoms with E-state index in [0.29, 0.717) is 28.5 Å². The molecule has 6 nitrogen and oxygen atoms in total. The van der Waals surface area contributed by atoms with Crippen LogP contribution >= 0.6 is 11.6 Å². The van der Waals surface area contributed by atoms with E-state index < -0.39 is 15.6 Å². The predicted molar refractivity (Wildman–Crippen MR) is 91.3 cm³/mol. The van der Waals surface area contributed by atoms with Gasteiger partial charge in [-0.3, -0.25) is 0 Å². The van der Waals surface area contributed by atoms with Crippen molar-refractivity contribution in [1.29, 1.82) is 0 Å². The second-order valence-corrected chi connectivity index (χ2v) is 8.52. The van der Waals surface area contributed by atoms with Crippen molar-refractivity contribution >= 4 is 21.6 Å². The molecule has 25 heavy (non-hydrogen) atoms. The van der Waals surface area contributed by atoms with Crippen LogP contribution in [0.25, 0.3) is 0 Å². The van der Waals surface area contributed by atoms with Crippen molar-refractivity contribution in [2.24, 2.45) is 0 Å². The van der Waals surface area contributed by atoms with Crippen LogP contribution < -0.4 is 9.47 Å². The number of sulfonamides is 1. The smallest absolute Gasteiger partial charge is 0.243 e. The molecular formula is C17H16ClNO5S. The Morgan fingerprint density at radius 2 is 1.92 bits per heavy atom. The molecule has 4 rings (SSSR count). The van der Waals surface area contributed by atoms with Crippen LogP contribution in [0.2, 0.25) is 5.02 Å². The van der Waals surface area contributed by atoms with Gasteiger partial charge in [0, 0.05) is 24.2 Å². The number of rotatable bonds is 3. The van der Waals surface area contributed by atoms with Gasteiger partial charge in [0.25, 0.3) is 0 Å². The molecule has 2 aromatic carbocycles. The number of halogens is 1. The summed E-state index contributed by atoms with van der Waals surface area (Å²) in [4.78, 5) is 0.118. The Bertz CT molecular complexity index is 932. The van der Waals surface area contributed by atoms with Crippen molar-refractivity contribution in [1.82, 2.24) is 4.31 Å². The van der Waals surface area contributed by atoms with Gasteiger partial charge >= 0.3 is 0 Å². The molecule has 1 saturated heterocycles. The summed E-state index contributed by atoms with van der Waals surface area (Å²) in [6, 6.07) is 11.4. The largest absolute Gasteiger partial charge is 0.454 e. The van der Waals surface area contributed by atoms with Gasteiger partial charge in [0.1, 0.15) is 5.60 Å². The zero-order chi connectivity index (χ0) is 17.7. The highest BCUT2D eigenvalue weighted by Crippen LogP contribution is 2.38. The molecule has 1 N–H and O–H groups in total. The Hall–Kier alpha value is -1.80. The summed E-state index contributed by atoms with van der Waals surface area (Å²) in [5, 5.41) is 11.4. The van der Waals surface area contributed by atoms with Gasteiger partial charge in [0.05, 0.1) is 4.90 Å². The number of β-amino-alcohol motifs (C(OH)–C–C–N with tert-alkyl or cyclic N) is 1. The van der Waals surface area contributed by atoms with E-state index in [0.717, 1.165) is 0 Å². The minimum absolute atomic E-state index is 0.0237. The highest BCUT2D eigenvalue weighted by atomic mass is 35.5. The molecule has 2 heterocycles. The number of ether oxygens (including phenoxy) is 2. The maximum Gasteiger partial charge on any atom is 0.243 e. The summed E-state index contributed by atoms with van der Waals surface area (Å²) in [6.45, 7) is 0.279. The van der Waals surface area contributed by atoms with E-state index >= 15 is 0 Å². The van der Waals surface area contributed by atoms with Gasteiger partial charge in [-0.25, -0.2) is 8.42 Å². The first kappa shape index (κ1) is 16.7. The van der Waals surface area contributed by atoms with E-state index in [1.807, 2.05) is 0 Å². The molecule has 2 aliphatic heterocycles.